The molecule has 0 N–H and O–H groups in total. The molecule has 2 aromatic carbocycles. The van der Waals surface area contributed by atoms with Crippen molar-refractivity contribution in [3.8, 4) is 0 Å². The Morgan fingerprint density at radius 2 is 1.33 bits per heavy atom. The minimum Gasteiger partial charge on any atom is -0.211 e. The van der Waals surface area contributed by atoms with Gasteiger partial charge in [-0.05, 0) is 34.1 Å². The Kier molecular flexibility index (Phi) is 7.96. The smallest absolute Gasteiger partial charge is 0.211 e. The minimum atomic E-state index is 0. The van der Waals surface area contributed by atoms with Gasteiger partial charge in [0, 0.05) is 0 Å². The quantitative estimate of drug-likeness (QED) is 0.461. The van der Waals surface area contributed by atoms with Gasteiger partial charge in [-0.25, -0.2) is 6.08 Å². The molecule has 0 saturated carbocycles. The average molecular weight is 264 g/mol. The number of thioether (sulfide) groups is 2. The van der Waals surface area contributed by atoms with Gasteiger partial charge in [0.15, 0.2) is 0 Å². The van der Waals surface area contributed by atoms with Crippen LogP contribution in [0.15, 0.2) is 81.9 Å². The van der Waals surface area contributed by atoms with Crippen LogP contribution in [0.5, 0.6) is 0 Å². The Hall–Kier alpha value is -0.653. The molecule has 18 heavy (non-hydrogen) atoms. The monoisotopic (exact) mass is 264 g/mol. The summed E-state index contributed by atoms with van der Waals surface area (Å²) in [6.45, 7) is 0. The first-order valence-electron chi connectivity index (χ1n) is 5.37. The molecule has 0 aliphatic heterocycles. The van der Waals surface area contributed by atoms with Crippen LogP contribution in [0.1, 0.15) is 0 Å². The van der Waals surface area contributed by atoms with Gasteiger partial charge < -0.3 is 0 Å². The van der Waals surface area contributed by atoms with E-state index in [1.807, 2.05) is 12.1 Å². The molecule has 0 aliphatic rings. The van der Waals surface area contributed by atoms with Crippen molar-refractivity contribution in [1.82, 2.24) is 0 Å². The predicted octanol–water partition coefficient (Wildman–Crippen LogP) is 2.25. The summed E-state index contributed by atoms with van der Waals surface area (Å²) >= 11 is 3.46. The van der Waals surface area contributed by atoms with Crippen LogP contribution in [-0.4, -0.2) is 0 Å². The normalized spacial score (nSPS) is 10.0. The molecule has 0 radical (unpaired) electrons. The van der Waals surface area contributed by atoms with Crippen molar-refractivity contribution in [3.63, 3.8) is 0 Å². The van der Waals surface area contributed by atoms with Crippen molar-refractivity contribution >= 4 is 23.5 Å². The maximum absolute atomic E-state index is 2.11. The van der Waals surface area contributed by atoms with E-state index in [0.717, 1.165) is 0 Å². The van der Waals surface area contributed by atoms with Gasteiger partial charge >= 0.3 is 18.9 Å². The molecule has 2 aromatic rings. The van der Waals surface area contributed by atoms with Crippen LogP contribution < -0.4 is 18.9 Å². The number of rotatable bonds is 5. The third kappa shape index (κ3) is 5.80. The Morgan fingerprint density at radius 1 is 0.778 bits per heavy atom. The molecular weight excluding hydrogens is 251 g/mol. The molecule has 0 saturated heterocycles. The van der Waals surface area contributed by atoms with Crippen molar-refractivity contribution < 1.29 is 18.9 Å². The molecule has 3 heteroatoms. The number of hydrogen-bond donors (Lipinski definition) is 0. The molecule has 0 fully saturated rings. The van der Waals surface area contributed by atoms with Crippen LogP contribution in [0.3, 0.4) is 0 Å². The largest absolute Gasteiger partial charge is 1.00 e. The van der Waals surface area contributed by atoms with Gasteiger partial charge in [-0.15, -0.1) is 0 Å². The fourth-order valence-corrected chi connectivity index (χ4v) is 2.62. The van der Waals surface area contributed by atoms with E-state index >= 15 is 0 Å². The third-order valence-electron chi connectivity index (χ3n) is 2.05. The van der Waals surface area contributed by atoms with Gasteiger partial charge in [-0.1, -0.05) is 36.4 Å². The topological polar surface area (TPSA) is 0 Å². The predicted molar refractivity (Wildman–Crippen MR) is 78.0 cm³/mol. The Labute approximate surface area is 129 Å². The summed E-state index contributed by atoms with van der Waals surface area (Å²) in [7, 11) is 0. The van der Waals surface area contributed by atoms with E-state index in [-0.39, 0.29) is 18.9 Å². The van der Waals surface area contributed by atoms with Crippen molar-refractivity contribution in [1.29, 1.82) is 0 Å². The maximum atomic E-state index is 2.11. The first kappa shape index (κ1) is 15.4. The maximum Gasteiger partial charge on any atom is 1.00 e. The molecular formula is C15H13LiS2. The number of hydrogen-bond acceptors (Lipinski definition) is 2. The second kappa shape index (κ2) is 9.30. The van der Waals surface area contributed by atoms with E-state index in [2.05, 4.69) is 65.8 Å². The third-order valence-corrected chi connectivity index (χ3v) is 3.73. The van der Waals surface area contributed by atoms with Gasteiger partial charge in [0.2, 0.25) is 0 Å². The van der Waals surface area contributed by atoms with E-state index < -0.39 is 0 Å². The first-order chi connectivity index (χ1) is 8.45. The van der Waals surface area contributed by atoms with E-state index in [4.69, 9.17) is 0 Å². The van der Waals surface area contributed by atoms with Gasteiger partial charge in [-0.2, -0.15) is 34.7 Å². The molecule has 0 amide bonds. The summed E-state index contributed by atoms with van der Waals surface area (Å²) < 4.78 is 0. The molecule has 0 aliphatic carbocycles. The fraction of sp³-hybridized carbons (Fsp3) is 0. The zero-order valence-electron chi connectivity index (χ0n) is 10.3. The van der Waals surface area contributed by atoms with Gasteiger partial charge in [0.05, 0.1) is 0 Å². The molecule has 0 unspecified atom stereocenters. The molecule has 2 rings (SSSR count). The summed E-state index contributed by atoms with van der Waals surface area (Å²) in [6.07, 6.45) is 2.08. The summed E-state index contributed by atoms with van der Waals surface area (Å²) in [6, 6.07) is 20.7. The van der Waals surface area contributed by atoms with Crippen LogP contribution in [0.4, 0.5) is 0 Å². The van der Waals surface area contributed by atoms with Gasteiger partial charge in [-0.3, -0.25) is 0 Å². The van der Waals surface area contributed by atoms with E-state index in [9.17, 15) is 0 Å². The van der Waals surface area contributed by atoms with Crippen LogP contribution in [0.25, 0.3) is 0 Å². The number of benzene rings is 2. The molecule has 0 nitrogen and oxygen atoms in total. The summed E-state index contributed by atoms with van der Waals surface area (Å²) in [5.74, 6) is 2.10. The molecule has 0 spiro atoms. The Bertz CT molecular complexity index is 454. The molecule has 86 valence electrons. The minimum absolute atomic E-state index is 0. The second-order valence-electron chi connectivity index (χ2n) is 3.33. The van der Waals surface area contributed by atoms with Gasteiger partial charge in [0.1, 0.15) is 0 Å². The second-order valence-corrected chi connectivity index (χ2v) is 5.28. The first-order valence-corrected chi connectivity index (χ1v) is 7.13. The van der Waals surface area contributed by atoms with Crippen molar-refractivity contribution in [3.05, 3.63) is 77.9 Å². The molecule has 0 bridgehead atoms. The average Bonchev–Trinajstić information content (AvgIpc) is 2.41. The fourth-order valence-electron chi connectivity index (χ4n) is 1.27. The molecule has 0 heterocycles. The van der Waals surface area contributed by atoms with Crippen LogP contribution >= 0.6 is 23.5 Å². The van der Waals surface area contributed by atoms with Crippen molar-refractivity contribution in [2.75, 3.05) is 0 Å². The zero-order valence-corrected chi connectivity index (χ0v) is 12.0. The summed E-state index contributed by atoms with van der Waals surface area (Å²) in [5.41, 5.74) is 0. The van der Waals surface area contributed by atoms with Crippen LogP contribution in [0.2, 0.25) is 0 Å². The summed E-state index contributed by atoms with van der Waals surface area (Å²) in [4.78, 5) is 2.53. The van der Waals surface area contributed by atoms with Crippen molar-refractivity contribution in [2.24, 2.45) is 0 Å². The van der Waals surface area contributed by atoms with Crippen LogP contribution in [0, 0.1) is 5.75 Å². The van der Waals surface area contributed by atoms with E-state index in [1.165, 1.54) is 9.79 Å². The molecule has 0 aromatic heterocycles. The standard InChI is InChI=1S/C15H13S2.Li/c1-3-8-14(9-4-1)16-12-7-13-17-15-10-5-2-6-11-15;/h1-13H;/q-1;+1. The summed E-state index contributed by atoms with van der Waals surface area (Å²) in [5, 5.41) is 2.10. The van der Waals surface area contributed by atoms with E-state index in [0.29, 0.717) is 0 Å². The Balaban J connectivity index is 0.00000162. The van der Waals surface area contributed by atoms with Crippen LogP contribution in [-0.2, 0) is 0 Å². The zero-order chi connectivity index (χ0) is 11.8. The van der Waals surface area contributed by atoms with Crippen molar-refractivity contribution in [2.45, 2.75) is 9.79 Å². The van der Waals surface area contributed by atoms with E-state index in [1.54, 1.807) is 23.5 Å². The van der Waals surface area contributed by atoms with Gasteiger partial charge in [0.25, 0.3) is 0 Å². The SMILES string of the molecule is C(=CSc1ccccc1)[CH-]Sc1ccccc1.[Li+]. The molecule has 0 atom stereocenters. The Morgan fingerprint density at radius 3 is 1.94 bits per heavy atom.